The van der Waals surface area contributed by atoms with E-state index >= 15 is 0 Å². The summed E-state index contributed by atoms with van der Waals surface area (Å²) in [5, 5.41) is 0. The van der Waals surface area contributed by atoms with Crippen LogP contribution in [0.15, 0.2) is 31.0 Å². The van der Waals surface area contributed by atoms with Crippen LogP contribution in [0.1, 0.15) is 18.5 Å². The van der Waals surface area contributed by atoms with Crippen molar-refractivity contribution >= 4 is 0 Å². The number of ether oxygens (including phenoxy) is 1. The topological polar surface area (TPSA) is 48.1 Å². The van der Waals surface area contributed by atoms with Crippen LogP contribution in [0.2, 0.25) is 0 Å². The molecule has 1 unspecified atom stereocenters. The van der Waals surface area contributed by atoms with Gasteiger partial charge in [-0.15, -0.1) is 6.58 Å². The van der Waals surface area contributed by atoms with Crippen molar-refractivity contribution in [2.45, 2.75) is 13.0 Å². The third-order valence-electron chi connectivity index (χ3n) is 1.69. The van der Waals surface area contributed by atoms with Gasteiger partial charge in [-0.3, -0.25) is 0 Å². The second kappa shape index (κ2) is 4.62. The predicted molar refractivity (Wildman–Crippen MR) is 52.5 cm³/mol. The molecule has 0 saturated carbocycles. The molecule has 0 bridgehead atoms. The van der Waals surface area contributed by atoms with Crippen LogP contribution in [0.3, 0.4) is 0 Å². The van der Waals surface area contributed by atoms with Crippen LogP contribution in [0.25, 0.3) is 0 Å². The van der Waals surface area contributed by atoms with Gasteiger partial charge in [0.15, 0.2) is 0 Å². The van der Waals surface area contributed by atoms with Gasteiger partial charge in [-0.1, -0.05) is 12.1 Å². The Kier molecular flexibility index (Phi) is 3.46. The maximum absolute atomic E-state index is 5.79. The highest BCUT2D eigenvalue weighted by atomic mass is 16.5. The molecule has 1 rings (SSSR count). The standard InChI is InChI=1S/C10H14N2O/c1-3-9(11)8-6-5-7-12-10(8)13-4-2/h3,5-7,9H,1,4,11H2,2H3. The summed E-state index contributed by atoms with van der Waals surface area (Å²) in [6, 6.07) is 3.51. The second-order valence-corrected chi connectivity index (χ2v) is 2.59. The van der Waals surface area contributed by atoms with E-state index in [9.17, 15) is 0 Å². The monoisotopic (exact) mass is 178 g/mol. The summed E-state index contributed by atoms with van der Waals surface area (Å²) in [4.78, 5) is 4.09. The fourth-order valence-corrected chi connectivity index (χ4v) is 1.04. The van der Waals surface area contributed by atoms with Crippen molar-refractivity contribution in [2.75, 3.05) is 6.61 Å². The molecule has 1 aromatic rings. The van der Waals surface area contributed by atoms with Gasteiger partial charge in [0.2, 0.25) is 5.88 Å². The normalized spacial score (nSPS) is 12.2. The van der Waals surface area contributed by atoms with E-state index in [4.69, 9.17) is 10.5 Å². The Labute approximate surface area is 78.2 Å². The lowest BCUT2D eigenvalue weighted by atomic mass is 10.1. The quantitative estimate of drug-likeness (QED) is 0.713. The average Bonchev–Trinajstić information content (AvgIpc) is 2.18. The van der Waals surface area contributed by atoms with Crippen molar-refractivity contribution in [2.24, 2.45) is 5.73 Å². The Balaban J connectivity index is 2.96. The molecule has 0 spiro atoms. The van der Waals surface area contributed by atoms with Gasteiger partial charge in [0.05, 0.1) is 12.6 Å². The first kappa shape index (κ1) is 9.74. The van der Waals surface area contributed by atoms with Crippen LogP contribution >= 0.6 is 0 Å². The summed E-state index contributed by atoms with van der Waals surface area (Å²) < 4.78 is 5.32. The molecule has 0 saturated heterocycles. The number of nitrogens with zero attached hydrogens (tertiary/aromatic N) is 1. The number of hydrogen-bond acceptors (Lipinski definition) is 3. The highest BCUT2D eigenvalue weighted by molar-refractivity contribution is 5.30. The summed E-state index contributed by atoms with van der Waals surface area (Å²) in [6.07, 6.45) is 3.35. The lowest BCUT2D eigenvalue weighted by molar-refractivity contribution is 0.322. The molecule has 0 amide bonds. The van der Waals surface area contributed by atoms with Crippen molar-refractivity contribution in [1.29, 1.82) is 0 Å². The number of aromatic nitrogens is 1. The molecule has 3 nitrogen and oxygen atoms in total. The van der Waals surface area contributed by atoms with Gasteiger partial charge in [-0.25, -0.2) is 4.98 Å². The first-order chi connectivity index (χ1) is 6.29. The third-order valence-corrected chi connectivity index (χ3v) is 1.69. The zero-order valence-corrected chi connectivity index (χ0v) is 7.73. The third kappa shape index (κ3) is 2.29. The predicted octanol–water partition coefficient (Wildman–Crippen LogP) is 1.67. The molecule has 1 aromatic heterocycles. The SMILES string of the molecule is C=CC(N)c1cccnc1OCC. The lowest BCUT2D eigenvalue weighted by Crippen LogP contribution is -2.09. The van der Waals surface area contributed by atoms with Gasteiger partial charge in [-0.05, 0) is 13.0 Å². The average molecular weight is 178 g/mol. The maximum Gasteiger partial charge on any atom is 0.218 e. The molecule has 2 N–H and O–H groups in total. The molecule has 70 valence electrons. The second-order valence-electron chi connectivity index (χ2n) is 2.59. The fraction of sp³-hybridized carbons (Fsp3) is 0.300. The van der Waals surface area contributed by atoms with Gasteiger partial charge in [0.1, 0.15) is 0 Å². The molecule has 13 heavy (non-hydrogen) atoms. The van der Waals surface area contributed by atoms with E-state index < -0.39 is 0 Å². The Morgan fingerprint density at radius 1 is 1.77 bits per heavy atom. The molecule has 1 atom stereocenters. The largest absolute Gasteiger partial charge is 0.478 e. The first-order valence-electron chi connectivity index (χ1n) is 4.25. The summed E-state index contributed by atoms with van der Waals surface area (Å²) in [7, 11) is 0. The lowest BCUT2D eigenvalue weighted by Gasteiger charge is -2.11. The Hall–Kier alpha value is -1.35. The molecule has 0 fully saturated rings. The number of hydrogen-bond donors (Lipinski definition) is 1. The van der Waals surface area contributed by atoms with Crippen molar-refractivity contribution < 1.29 is 4.74 Å². The molecule has 0 radical (unpaired) electrons. The smallest absolute Gasteiger partial charge is 0.218 e. The molecule has 0 aromatic carbocycles. The van der Waals surface area contributed by atoms with Gasteiger partial charge in [0.25, 0.3) is 0 Å². The van der Waals surface area contributed by atoms with E-state index in [2.05, 4.69) is 11.6 Å². The van der Waals surface area contributed by atoms with E-state index in [1.54, 1.807) is 12.3 Å². The van der Waals surface area contributed by atoms with E-state index in [1.165, 1.54) is 0 Å². The molecule has 1 heterocycles. The summed E-state index contributed by atoms with van der Waals surface area (Å²) in [6.45, 7) is 6.14. The molecular weight excluding hydrogens is 164 g/mol. The minimum atomic E-state index is -0.213. The van der Waals surface area contributed by atoms with Gasteiger partial charge in [0, 0.05) is 11.8 Å². The molecule has 3 heteroatoms. The summed E-state index contributed by atoms with van der Waals surface area (Å²) in [5.41, 5.74) is 6.66. The fourth-order valence-electron chi connectivity index (χ4n) is 1.04. The van der Waals surface area contributed by atoms with Crippen LogP contribution in [0.5, 0.6) is 5.88 Å². The van der Waals surface area contributed by atoms with Crippen LogP contribution in [-0.2, 0) is 0 Å². The highest BCUT2D eigenvalue weighted by Crippen LogP contribution is 2.20. The maximum atomic E-state index is 5.79. The number of nitrogens with two attached hydrogens (primary N) is 1. The Bertz CT molecular complexity index is 286. The number of rotatable bonds is 4. The van der Waals surface area contributed by atoms with Gasteiger partial charge < -0.3 is 10.5 Å². The Morgan fingerprint density at radius 2 is 2.54 bits per heavy atom. The van der Waals surface area contributed by atoms with E-state index in [0.29, 0.717) is 12.5 Å². The molecule has 0 aliphatic heterocycles. The minimum Gasteiger partial charge on any atom is -0.478 e. The van der Waals surface area contributed by atoms with Gasteiger partial charge in [-0.2, -0.15) is 0 Å². The van der Waals surface area contributed by atoms with Crippen LogP contribution < -0.4 is 10.5 Å². The van der Waals surface area contributed by atoms with Crippen molar-refractivity contribution in [3.8, 4) is 5.88 Å². The molecule has 0 aliphatic rings. The first-order valence-corrected chi connectivity index (χ1v) is 4.25. The Morgan fingerprint density at radius 3 is 3.15 bits per heavy atom. The van der Waals surface area contributed by atoms with E-state index in [0.717, 1.165) is 5.56 Å². The van der Waals surface area contributed by atoms with Gasteiger partial charge >= 0.3 is 0 Å². The summed E-state index contributed by atoms with van der Waals surface area (Å²) >= 11 is 0. The van der Waals surface area contributed by atoms with Crippen molar-refractivity contribution in [3.05, 3.63) is 36.5 Å². The van der Waals surface area contributed by atoms with Crippen LogP contribution in [0.4, 0.5) is 0 Å². The molecular formula is C10H14N2O. The zero-order valence-electron chi connectivity index (χ0n) is 7.73. The van der Waals surface area contributed by atoms with Crippen LogP contribution in [-0.4, -0.2) is 11.6 Å². The molecule has 0 aliphatic carbocycles. The van der Waals surface area contributed by atoms with E-state index in [1.807, 2.05) is 19.1 Å². The van der Waals surface area contributed by atoms with E-state index in [-0.39, 0.29) is 6.04 Å². The van der Waals surface area contributed by atoms with Crippen LogP contribution in [0, 0.1) is 0 Å². The number of pyridine rings is 1. The highest BCUT2D eigenvalue weighted by Gasteiger charge is 2.08. The minimum absolute atomic E-state index is 0.213. The van der Waals surface area contributed by atoms with Crippen molar-refractivity contribution in [1.82, 2.24) is 4.98 Å². The zero-order chi connectivity index (χ0) is 9.68. The summed E-state index contributed by atoms with van der Waals surface area (Å²) in [5.74, 6) is 0.595. The van der Waals surface area contributed by atoms with Crippen molar-refractivity contribution in [3.63, 3.8) is 0 Å².